The Balaban J connectivity index is 2.30. The normalized spacial score (nSPS) is 11.7. The van der Waals surface area contributed by atoms with Crippen molar-refractivity contribution >= 4 is 74.1 Å². The average Bonchev–Trinajstić information content (AvgIpc) is 2.78. The van der Waals surface area contributed by atoms with Crippen molar-refractivity contribution in [1.29, 1.82) is 0 Å². The number of hydrogen-bond donors (Lipinski definition) is 0. The maximum Gasteiger partial charge on any atom is 0.0504 e. The summed E-state index contributed by atoms with van der Waals surface area (Å²) in [5.74, 6) is 0. The predicted molar refractivity (Wildman–Crippen MR) is 92.2 cm³/mol. The van der Waals surface area contributed by atoms with Crippen LogP contribution in [-0.4, -0.2) is 0 Å². The first-order chi connectivity index (χ1) is 9.24. The van der Waals surface area contributed by atoms with E-state index in [2.05, 4.69) is 80.4 Å². The van der Waals surface area contributed by atoms with E-state index in [0.29, 0.717) is 0 Å². The van der Waals surface area contributed by atoms with Crippen LogP contribution < -0.4 is 0 Å². The second kappa shape index (κ2) is 4.30. The van der Waals surface area contributed by atoms with Gasteiger partial charge in [-0.25, -0.2) is 0 Å². The fourth-order valence-electron chi connectivity index (χ4n) is 2.50. The number of fused-ring (bicyclic) bond motifs is 4. The maximum atomic E-state index is 3.78. The average molecular weight is 392 g/mol. The van der Waals surface area contributed by atoms with E-state index >= 15 is 0 Å². The minimum absolute atomic E-state index is 1.13. The van der Waals surface area contributed by atoms with Crippen molar-refractivity contribution in [3.8, 4) is 0 Å². The first kappa shape index (κ1) is 11.9. The first-order valence-corrected chi connectivity index (χ1v) is 8.33. The van der Waals surface area contributed by atoms with Gasteiger partial charge in [0.25, 0.3) is 0 Å². The van der Waals surface area contributed by atoms with Crippen LogP contribution in [0.25, 0.3) is 30.9 Å². The van der Waals surface area contributed by atoms with E-state index in [0.717, 1.165) is 4.47 Å². The fraction of sp³-hybridized carbons (Fsp3) is 0. The molecule has 0 aliphatic carbocycles. The van der Waals surface area contributed by atoms with Crippen LogP contribution in [0.15, 0.2) is 57.5 Å². The third-order valence-electron chi connectivity index (χ3n) is 3.38. The van der Waals surface area contributed by atoms with E-state index in [1.54, 1.807) is 0 Å². The van der Waals surface area contributed by atoms with Gasteiger partial charge in [-0.05, 0) is 51.0 Å². The summed E-state index contributed by atoms with van der Waals surface area (Å²) in [6.07, 6.45) is 0. The molecular weight excluding hydrogens is 384 g/mol. The lowest BCUT2D eigenvalue weighted by Gasteiger charge is -2.02. The predicted octanol–water partition coefficient (Wildman–Crippen LogP) is 6.73. The molecule has 0 N–H and O–H groups in total. The summed E-state index contributed by atoms with van der Waals surface area (Å²) in [6.45, 7) is 0. The third-order valence-corrected chi connectivity index (χ3v) is 6.17. The largest absolute Gasteiger partial charge is 0.134 e. The molecule has 0 fully saturated rings. The summed E-state index contributed by atoms with van der Waals surface area (Å²) in [7, 11) is 0. The Labute approximate surface area is 131 Å². The second-order valence-electron chi connectivity index (χ2n) is 4.53. The number of benzene rings is 3. The van der Waals surface area contributed by atoms with Gasteiger partial charge in [-0.3, -0.25) is 0 Å². The molecule has 0 atom stereocenters. The van der Waals surface area contributed by atoms with Crippen LogP contribution >= 0.6 is 43.2 Å². The van der Waals surface area contributed by atoms with Crippen LogP contribution in [0.3, 0.4) is 0 Å². The van der Waals surface area contributed by atoms with Gasteiger partial charge < -0.3 is 0 Å². The Morgan fingerprint density at radius 1 is 0.789 bits per heavy atom. The number of halogens is 2. The summed E-state index contributed by atoms with van der Waals surface area (Å²) >= 11 is 9.19. The third kappa shape index (κ3) is 1.76. The molecule has 0 saturated carbocycles. The molecule has 92 valence electrons. The highest BCUT2D eigenvalue weighted by molar-refractivity contribution is 9.11. The molecule has 0 unspecified atom stereocenters. The molecule has 0 aliphatic heterocycles. The van der Waals surface area contributed by atoms with Gasteiger partial charge in [0.2, 0.25) is 0 Å². The van der Waals surface area contributed by atoms with Crippen LogP contribution in [0.5, 0.6) is 0 Å². The zero-order chi connectivity index (χ0) is 13.0. The number of thiophene rings is 1. The van der Waals surface area contributed by atoms with Gasteiger partial charge >= 0.3 is 0 Å². The molecule has 0 radical (unpaired) electrons. The Morgan fingerprint density at radius 3 is 2.53 bits per heavy atom. The van der Waals surface area contributed by atoms with Gasteiger partial charge in [-0.1, -0.05) is 40.2 Å². The van der Waals surface area contributed by atoms with Crippen LogP contribution in [0.1, 0.15) is 0 Å². The number of rotatable bonds is 0. The van der Waals surface area contributed by atoms with Gasteiger partial charge in [0.15, 0.2) is 0 Å². The molecule has 1 aromatic heterocycles. The molecule has 0 amide bonds. The Kier molecular flexibility index (Phi) is 2.69. The minimum Gasteiger partial charge on any atom is -0.134 e. The van der Waals surface area contributed by atoms with Crippen LogP contribution in [0.2, 0.25) is 0 Å². The number of hydrogen-bond acceptors (Lipinski definition) is 1. The van der Waals surface area contributed by atoms with Crippen molar-refractivity contribution < 1.29 is 0 Å². The van der Waals surface area contributed by atoms with Crippen LogP contribution in [-0.2, 0) is 0 Å². The molecule has 3 aromatic carbocycles. The molecule has 0 spiro atoms. The molecule has 0 nitrogen and oxygen atoms in total. The van der Waals surface area contributed by atoms with Gasteiger partial charge in [0.05, 0.1) is 4.70 Å². The van der Waals surface area contributed by atoms with E-state index in [-0.39, 0.29) is 0 Å². The fourth-order valence-corrected chi connectivity index (χ4v) is 4.79. The van der Waals surface area contributed by atoms with Gasteiger partial charge in [-0.15, -0.1) is 11.3 Å². The zero-order valence-corrected chi connectivity index (χ0v) is 13.8. The summed E-state index contributed by atoms with van der Waals surface area (Å²) in [5.41, 5.74) is 0. The lowest BCUT2D eigenvalue weighted by molar-refractivity contribution is 1.77. The highest BCUT2D eigenvalue weighted by Crippen LogP contribution is 2.42. The zero-order valence-electron chi connectivity index (χ0n) is 9.78. The van der Waals surface area contributed by atoms with Gasteiger partial charge in [-0.2, -0.15) is 0 Å². The van der Waals surface area contributed by atoms with Crippen molar-refractivity contribution in [3.05, 3.63) is 57.5 Å². The molecule has 0 bridgehead atoms. The SMILES string of the molecule is Brc1ccc2sc3c(Br)c4ccccc4cc3c2c1. The van der Waals surface area contributed by atoms with E-state index < -0.39 is 0 Å². The first-order valence-electron chi connectivity index (χ1n) is 5.93. The second-order valence-corrected chi connectivity index (χ2v) is 7.29. The van der Waals surface area contributed by atoms with E-state index in [4.69, 9.17) is 0 Å². The molecule has 0 aliphatic rings. The van der Waals surface area contributed by atoms with Crippen LogP contribution in [0, 0.1) is 0 Å². The molecule has 1 heterocycles. The van der Waals surface area contributed by atoms with Gasteiger partial charge in [0.1, 0.15) is 0 Å². The van der Waals surface area contributed by atoms with Crippen molar-refractivity contribution in [2.24, 2.45) is 0 Å². The van der Waals surface area contributed by atoms with E-state index in [9.17, 15) is 0 Å². The standard InChI is InChI=1S/C16H8Br2S/c17-10-5-6-14-12(8-10)13-7-9-3-1-2-4-11(9)15(18)16(13)19-14/h1-8H. The van der Waals surface area contributed by atoms with Crippen molar-refractivity contribution in [2.75, 3.05) is 0 Å². The summed E-state index contributed by atoms with van der Waals surface area (Å²) in [6, 6.07) is 17.3. The van der Waals surface area contributed by atoms with Crippen molar-refractivity contribution in [3.63, 3.8) is 0 Å². The monoisotopic (exact) mass is 390 g/mol. The lowest BCUT2D eigenvalue weighted by Crippen LogP contribution is -1.75. The molecule has 4 aromatic rings. The smallest absolute Gasteiger partial charge is 0.0504 e. The Morgan fingerprint density at radius 2 is 1.63 bits per heavy atom. The molecular formula is C16H8Br2S. The van der Waals surface area contributed by atoms with E-state index in [1.165, 1.54) is 35.4 Å². The quantitative estimate of drug-likeness (QED) is 0.311. The summed E-state index contributed by atoms with van der Waals surface area (Å²) in [5, 5.41) is 5.20. The summed E-state index contributed by atoms with van der Waals surface area (Å²) in [4.78, 5) is 0. The van der Waals surface area contributed by atoms with Crippen molar-refractivity contribution in [1.82, 2.24) is 0 Å². The Hall–Kier alpha value is -0.900. The van der Waals surface area contributed by atoms with Gasteiger partial charge in [0, 0.05) is 24.4 Å². The Bertz CT molecular complexity index is 938. The minimum atomic E-state index is 1.13. The molecule has 19 heavy (non-hydrogen) atoms. The molecule has 4 rings (SSSR count). The molecule has 0 saturated heterocycles. The highest BCUT2D eigenvalue weighted by atomic mass is 79.9. The topological polar surface area (TPSA) is 0 Å². The maximum absolute atomic E-state index is 3.78. The molecule has 3 heteroatoms. The lowest BCUT2D eigenvalue weighted by atomic mass is 10.1. The summed E-state index contributed by atoms with van der Waals surface area (Å²) < 4.78 is 4.99. The van der Waals surface area contributed by atoms with E-state index in [1.807, 2.05) is 11.3 Å². The van der Waals surface area contributed by atoms with Crippen molar-refractivity contribution in [2.45, 2.75) is 0 Å². The van der Waals surface area contributed by atoms with Crippen LogP contribution in [0.4, 0.5) is 0 Å². The highest BCUT2D eigenvalue weighted by Gasteiger charge is 2.11.